The summed E-state index contributed by atoms with van der Waals surface area (Å²) in [5.74, 6) is 0.465. The highest BCUT2D eigenvalue weighted by molar-refractivity contribution is 5.93. The highest BCUT2D eigenvalue weighted by Gasteiger charge is 2.31. The van der Waals surface area contributed by atoms with E-state index in [1.165, 1.54) is 17.3 Å². The second kappa shape index (κ2) is 6.13. The fraction of sp³-hybridized carbons (Fsp3) is 0.333. The van der Waals surface area contributed by atoms with Crippen LogP contribution in [0.3, 0.4) is 0 Å². The van der Waals surface area contributed by atoms with Gasteiger partial charge in [0.1, 0.15) is 5.76 Å². The standard InChI is InChI=1S/C18H19N3O3/c1-12-17(20-11-24-12)18(22)21-6-7-23-10-14(21)8-13-9-19-16-5-3-2-4-15(13)16/h2-5,9,11,14,19H,6-8,10H2,1H3. The molecule has 0 radical (unpaired) electrons. The molecule has 6 nitrogen and oxygen atoms in total. The number of hydrogen-bond donors (Lipinski definition) is 1. The van der Waals surface area contributed by atoms with Crippen molar-refractivity contribution in [1.29, 1.82) is 0 Å². The van der Waals surface area contributed by atoms with E-state index in [1.54, 1.807) is 6.92 Å². The van der Waals surface area contributed by atoms with Crippen LogP contribution in [0.5, 0.6) is 0 Å². The minimum atomic E-state index is -0.0885. The molecule has 6 heteroatoms. The van der Waals surface area contributed by atoms with Gasteiger partial charge in [0.05, 0.1) is 19.3 Å². The molecule has 4 rings (SSSR count). The molecule has 1 unspecified atom stereocenters. The van der Waals surface area contributed by atoms with Crippen LogP contribution >= 0.6 is 0 Å². The van der Waals surface area contributed by atoms with Crippen molar-refractivity contribution in [1.82, 2.24) is 14.9 Å². The van der Waals surface area contributed by atoms with E-state index >= 15 is 0 Å². The predicted octanol–water partition coefficient (Wildman–Crippen LogP) is 2.55. The van der Waals surface area contributed by atoms with Crippen LogP contribution in [-0.4, -0.2) is 46.6 Å². The third kappa shape index (κ3) is 2.59. The van der Waals surface area contributed by atoms with Crippen molar-refractivity contribution in [2.24, 2.45) is 0 Å². The molecule has 3 heterocycles. The van der Waals surface area contributed by atoms with Crippen LogP contribution in [0.2, 0.25) is 0 Å². The molecule has 0 saturated carbocycles. The van der Waals surface area contributed by atoms with E-state index in [2.05, 4.69) is 22.1 Å². The van der Waals surface area contributed by atoms with Gasteiger partial charge in [0.2, 0.25) is 0 Å². The predicted molar refractivity (Wildman–Crippen MR) is 88.9 cm³/mol. The van der Waals surface area contributed by atoms with E-state index in [0.29, 0.717) is 31.2 Å². The number of amides is 1. The molecule has 0 aliphatic carbocycles. The van der Waals surface area contributed by atoms with Gasteiger partial charge in [0.25, 0.3) is 5.91 Å². The Balaban J connectivity index is 1.60. The lowest BCUT2D eigenvalue weighted by molar-refractivity contribution is -0.00192. The molecule has 3 aromatic rings. The molecule has 1 aromatic carbocycles. The summed E-state index contributed by atoms with van der Waals surface area (Å²) in [6.45, 7) is 3.41. The number of aromatic amines is 1. The molecule has 1 saturated heterocycles. The molecule has 1 atom stereocenters. The number of nitrogens with zero attached hydrogens (tertiary/aromatic N) is 2. The first-order chi connectivity index (χ1) is 11.7. The number of benzene rings is 1. The van der Waals surface area contributed by atoms with Gasteiger partial charge in [-0.15, -0.1) is 0 Å². The molecule has 0 spiro atoms. The van der Waals surface area contributed by atoms with Crippen molar-refractivity contribution < 1.29 is 13.9 Å². The topological polar surface area (TPSA) is 71.4 Å². The number of H-pyrrole nitrogens is 1. The number of para-hydroxylation sites is 1. The Hall–Kier alpha value is -2.60. The van der Waals surface area contributed by atoms with Crippen LogP contribution in [0.25, 0.3) is 10.9 Å². The number of ether oxygens (including phenoxy) is 1. The number of hydrogen-bond acceptors (Lipinski definition) is 4. The first kappa shape index (κ1) is 15.0. The van der Waals surface area contributed by atoms with Gasteiger partial charge in [-0.3, -0.25) is 4.79 Å². The quantitative estimate of drug-likeness (QED) is 0.803. The van der Waals surface area contributed by atoms with E-state index in [0.717, 1.165) is 11.9 Å². The normalized spacial score (nSPS) is 18.2. The van der Waals surface area contributed by atoms with Crippen LogP contribution in [-0.2, 0) is 11.2 Å². The summed E-state index contributed by atoms with van der Waals surface area (Å²) in [6, 6.07) is 8.17. The lowest BCUT2D eigenvalue weighted by atomic mass is 10.0. The number of aromatic nitrogens is 2. The first-order valence-electron chi connectivity index (χ1n) is 8.08. The highest BCUT2D eigenvalue weighted by atomic mass is 16.5. The van der Waals surface area contributed by atoms with Crippen molar-refractivity contribution in [2.75, 3.05) is 19.8 Å². The molecule has 1 fully saturated rings. The number of fused-ring (bicyclic) bond motifs is 1. The summed E-state index contributed by atoms with van der Waals surface area (Å²) < 4.78 is 10.8. The minimum Gasteiger partial charge on any atom is -0.448 e. The first-order valence-corrected chi connectivity index (χ1v) is 8.08. The summed E-state index contributed by atoms with van der Waals surface area (Å²) in [6.07, 6.45) is 4.08. The molecule has 0 bridgehead atoms. The van der Waals surface area contributed by atoms with Gasteiger partial charge in [-0.25, -0.2) is 4.98 Å². The molecule has 1 amide bonds. The van der Waals surface area contributed by atoms with E-state index < -0.39 is 0 Å². The van der Waals surface area contributed by atoms with Gasteiger partial charge >= 0.3 is 0 Å². The number of carbonyl (C=O) groups excluding carboxylic acids is 1. The number of aryl methyl sites for hydroxylation is 1. The fourth-order valence-electron chi connectivity index (χ4n) is 3.29. The molecule has 2 aromatic heterocycles. The van der Waals surface area contributed by atoms with Gasteiger partial charge < -0.3 is 19.0 Å². The van der Waals surface area contributed by atoms with Gasteiger partial charge in [0, 0.05) is 23.6 Å². The van der Waals surface area contributed by atoms with Gasteiger partial charge in [0.15, 0.2) is 12.1 Å². The largest absolute Gasteiger partial charge is 0.448 e. The molecule has 124 valence electrons. The van der Waals surface area contributed by atoms with Crippen LogP contribution in [0.1, 0.15) is 21.8 Å². The maximum Gasteiger partial charge on any atom is 0.276 e. The lowest BCUT2D eigenvalue weighted by Crippen LogP contribution is -2.50. The third-order valence-electron chi connectivity index (χ3n) is 4.57. The Kier molecular flexibility index (Phi) is 3.82. The van der Waals surface area contributed by atoms with E-state index in [1.807, 2.05) is 23.2 Å². The van der Waals surface area contributed by atoms with Crippen molar-refractivity contribution in [2.45, 2.75) is 19.4 Å². The fourth-order valence-corrected chi connectivity index (χ4v) is 3.29. The Bertz CT molecular complexity index is 867. The van der Waals surface area contributed by atoms with Gasteiger partial charge in [-0.1, -0.05) is 18.2 Å². The van der Waals surface area contributed by atoms with Crippen LogP contribution in [0, 0.1) is 6.92 Å². The van der Waals surface area contributed by atoms with Crippen molar-refractivity contribution in [3.05, 3.63) is 53.9 Å². The summed E-state index contributed by atoms with van der Waals surface area (Å²) in [4.78, 5) is 22.0. The van der Waals surface area contributed by atoms with Gasteiger partial charge in [-0.2, -0.15) is 0 Å². The van der Waals surface area contributed by atoms with E-state index in [9.17, 15) is 4.79 Å². The maximum atomic E-state index is 12.8. The smallest absolute Gasteiger partial charge is 0.276 e. The molecular weight excluding hydrogens is 306 g/mol. The highest BCUT2D eigenvalue weighted by Crippen LogP contribution is 2.23. The lowest BCUT2D eigenvalue weighted by Gasteiger charge is -2.35. The average Bonchev–Trinajstić information content (AvgIpc) is 3.22. The Morgan fingerprint density at radius 2 is 2.29 bits per heavy atom. The zero-order valence-electron chi connectivity index (χ0n) is 13.5. The summed E-state index contributed by atoms with van der Waals surface area (Å²) in [5.41, 5.74) is 2.69. The molecular formula is C18H19N3O3. The Morgan fingerprint density at radius 3 is 3.12 bits per heavy atom. The Morgan fingerprint density at radius 1 is 1.42 bits per heavy atom. The van der Waals surface area contributed by atoms with E-state index in [4.69, 9.17) is 9.15 Å². The van der Waals surface area contributed by atoms with Crippen molar-refractivity contribution >= 4 is 16.8 Å². The summed E-state index contributed by atoms with van der Waals surface area (Å²) in [5, 5.41) is 1.19. The van der Waals surface area contributed by atoms with E-state index in [-0.39, 0.29) is 11.9 Å². The second-order valence-electron chi connectivity index (χ2n) is 6.05. The summed E-state index contributed by atoms with van der Waals surface area (Å²) in [7, 11) is 0. The van der Waals surface area contributed by atoms with Gasteiger partial charge in [-0.05, 0) is 25.0 Å². The number of oxazole rings is 1. The maximum absolute atomic E-state index is 12.8. The van der Waals surface area contributed by atoms with Crippen molar-refractivity contribution in [3.8, 4) is 0 Å². The molecule has 1 N–H and O–H groups in total. The monoisotopic (exact) mass is 325 g/mol. The molecule has 1 aliphatic heterocycles. The Labute approximate surface area is 139 Å². The minimum absolute atomic E-state index is 0.0124. The molecule has 24 heavy (non-hydrogen) atoms. The van der Waals surface area contributed by atoms with Crippen LogP contribution in [0.15, 0.2) is 41.3 Å². The second-order valence-corrected chi connectivity index (χ2v) is 6.05. The average molecular weight is 325 g/mol. The number of nitrogens with one attached hydrogen (secondary N) is 1. The number of carbonyl (C=O) groups is 1. The third-order valence-corrected chi connectivity index (χ3v) is 4.57. The molecule has 1 aliphatic rings. The number of morpholine rings is 1. The number of rotatable bonds is 3. The van der Waals surface area contributed by atoms with Crippen LogP contribution in [0.4, 0.5) is 0 Å². The van der Waals surface area contributed by atoms with Crippen LogP contribution < -0.4 is 0 Å². The SMILES string of the molecule is Cc1ocnc1C(=O)N1CCOCC1Cc1c[nH]c2ccccc12. The van der Waals surface area contributed by atoms with Crippen molar-refractivity contribution in [3.63, 3.8) is 0 Å². The summed E-state index contributed by atoms with van der Waals surface area (Å²) >= 11 is 0. The zero-order chi connectivity index (χ0) is 16.5. The zero-order valence-corrected chi connectivity index (χ0v) is 13.5.